The first kappa shape index (κ1) is 13.2. The minimum atomic E-state index is -0.494. The fraction of sp³-hybridized carbons (Fsp3) is 0.429. The van der Waals surface area contributed by atoms with Crippen LogP contribution >= 0.6 is 0 Å². The standard InChI is InChI=1S/C14H16F2N4/c15-11-4-3-5-12(16)10(11)8-20-7-2-1-6-13(20)14-17-9-18-19-14/h3-5,9,13H,1-2,6-8H2,(H,17,18,19). The smallest absolute Gasteiger partial charge is 0.141 e. The van der Waals surface area contributed by atoms with Crippen LogP contribution in [0.15, 0.2) is 24.5 Å². The Hall–Kier alpha value is -1.82. The molecule has 0 radical (unpaired) electrons. The van der Waals surface area contributed by atoms with Crippen molar-refractivity contribution in [3.05, 3.63) is 47.5 Å². The summed E-state index contributed by atoms with van der Waals surface area (Å²) in [5, 5.41) is 6.72. The Kier molecular flexibility index (Phi) is 3.73. The van der Waals surface area contributed by atoms with Crippen molar-refractivity contribution in [2.75, 3.05) is 6.54 Å². The molecule has 1 unspecified atom stereocenters. The summed E-state index contributed by atoms with van der Waals surface area (Å²) in [4.78, 5) is 6.24. The lowest BCUT2D eigenvalue weighted by Crippen LogP contribution is -2.34. The molecule has 1 fully saturated rings. The zero-order chi connectivity index (χ0) is 13.9. The van der Waals surface area contributed by atoms with Gasteiger partial charge in [0.15, 0.2) is 0 Å². The predicted molar refractivity (Wildman–Crippen MR) is 69.7 cm³/mol. The monoisotopic (exact) mass is 278 g/mol. The number of halogens is 2. The van der Waals surface area contributed by atoms with Gasteiger partial charge in [0.1, 0.15) is 23.8 Å². The van der Waals surface area contributed by atoms with E-state index in [9.17, 15) is 8.78 Å². The van der Waals surface area contributed by atoms with Crippen LogP contribution < -0.4 is 0 Å². The van der Waals surface area contributed by atoms with Crippen LogP contribution in [0.5, 0.6) is 0 Å². The van der Waals surface area contributed by atoms with E-state index in [1.165, 1.54) is 24.5 Å². The lowest BCUT2D eigenvalue weighted by atomic mass is 10.0. The maximum atomic E-state index is 13.8. The van der Waals surface area contributed by atoms with Gasteiger partial charge in [0.2, 0.25) is 0 Å². The predicted octanol–water partition coefficient (Wildman–Crippen LogP) is 2.81. The lowest BCUT2D eigenvalue weighted by Gasteiger charge is -2.34. The Morgan fingerprint density at radius 1 is 1.25 bits per heavy atom. The largest absolute Gasteiger partial charge is 0.289 e. The highest BCUT2D eigenvalue weighted by Gasteiger charge is 2.27. The van der Waals surface area contributed by atoms with Crippen LogP contribution in [-0.4, -0.2) is 26.6 Å². The Morgan fingerprint density at radius 2 is 2.05 bits per heavy atom. The second kappa shape index (κ2) is 5.66. The molecule has 0 aliphatic carbocycles. The summed E-state index contributed by atoms with van der Waals surface area (Å²) in [6, 6.07) is 4.03. The molecule has 1 aliphatic rings. The van der Waals surface area contributed by atoms with E-state index in [4.69, 9.17) is 0 Å². The van der Waals surface area contributed by atoms with Crippen LogP contribution in [0.1, 0.15) is 36.7 Å². The lowest BCUT2D eigenvalue weighted by molar-refractivity contribution is 0.130. The molecule has 1 N–H and O–H groups in total. The van der Waals surface area contributed by atoms with E-state index < -0.39 is 11.6 Å². The Morgan fingerprint density at radius 3 is 2.75 bits per heavy atom. The topological polar surface area (TPSA) is 44.8 Å². The molecule has 3 rings (SSSR count). The van der Waals surface area contributed by atoms with Gasteiger partial charge >= 0.3 is 0 Å². The molecule has 1 aromatic carbocycles. The second-order valence-corrected chi connectivity index (χ2v) is 5.05. The van der Waals surface area contributed by atoms with Crippen LogP contribution in [0.3, 0.4) is 0 Å². The number of rotatable bonds is 3. The number of nitrogens with zero attached hydrogens (tertiary/aromatic N) is 3. The number of nitrogens with one attached hydrogen (secondary N) is 1. The normalized spacial score (nSPS) is 20.2. The van der Waals surface area contributed by atoms with Crippen LogP contribution in [0.4, 0.5) is 8.78 Å². The number of aromatic amines is 1. The second-order valence-electron chi connectivity index (χ2n) is 5.05. The minimum Gasteiger partial charge on any atom is -0.289 e. The van der Waals surface area contributed by atoms with Gasteiger partial charge in [0.05, 0.1) is 6.04 Å². The van der Waals surface area contributed by atoms with E-state index in [1.807, 2.05) is 0 Å². The molecule has 0 spiro atoms. The van der Waals surface area contributed by atoms with Gasteiger partial charge in [-0.3, -0.25) is 10.00 Å². The Bertz CT molecular complexity index is 550. The molecule has 106 valence electrons. The molecule has 0 bridgehead atoms. The van der Waals surface area contributed by atoms with E-state index >= 15 is 0 Å². The molecule has 1 aliphatic heterocycles. The zero-order valence-electron chi connectivity index (χ0n) is 11.0. The molecular weight excluding hydrogens is 262 g/mol. The Labute approximate surface area is 115 Å². The van der Waals surface area contributed by atoms with Crippen molar-refractivity contribution in [2.45, 2.75) is 31.8 Å². The third-order valence-electron chi connectivity index (χ3n) is 3.79. The molecule has 1 saturated heterocycles. The quantitative estimate of drug-likeness (QED) is 0.939. The van der Waals surface area contributed by atoms with Crippen molar-refractivity contribution in [1.82, 2.24) is 20.1 Å². The number of piperidine rings is 1. The molecule has 2 heterocycles. The van der Waals surface area contributed by atoms with Crippen molar-refractivity contribution < 1.29 is 8.78 Å². The van der Waals surface area contributed by atoms with Gasteiger partial charge in [0.25, 0.3) is 0 Å². The summed E-state index contributed by atoms with van der Waals surface area (Å²) in [6.45, 7) is 1.06. The van der Waals surface area contributed by atoms with E-state index in [-0.39, 0.29) is 18.2 Å². The molecular formula is C14H16F2N4. The minimum absolute atomic E-state index is 0.0465. The molecule has 20 heavy (non-hydrogen) atoms. The maximum Gasteiger partial charge on any atom is 0.141 e. The van der Waals surface area contributed by atoms with Crippen molar-refractivity contribution in [1.29, 1.82) is 0 Å². The van der Waals surface area contributed by atoms with E-state index in [0.717, 1.165) is 31.6 Å². The summed E-state index contributed by atoms with van der Waals surface area (Å²) < 4.78 is 27.5. The zero-order valence-corrected chi connectivity index (χ0v) is 11.0. The fourth-order valence-electron chi connectivity index (χ4n) is 2.75. The highest BCUT2D eigenvalue weighted by Crippen LogP contribution is 2.30. The summed E-state index contributed by atoms with van der Waals surface area (Å²) in [5.41, 5.74) is 0.124. The van der Waals surface area contributed by atoms with Gasteiger partial charge in [-0.1, -0.05) is 12.5 Å². The SMILES string of the molecule is Fc1cccc(F)c1CN1CCCCC1c1ncn[nH]1. The molecule has 0 saturated carbocycles. The summed E-state index contributed by atoms with van der Waals surface area (Å²) >= 11 is 0. The molecule has 2 aromatic rings. The van der Waals surface area contributed by atoms with Crippen LogP contribution in [0, 0.1) is 11.6 Å². The van der Waals surface area contributed by atoms with Crippen molar-refractivity contribution in [3.8, 4) is 0 Å². The van der Waals surface area contributed by atoms with Crippen molar-refractivity contribution in [2.24, 2.45) is 0 Å². The van der Waals surface area contributed by atoms with Crippen molar-refractivity contribution >= 4 is 0 Å². The van der Waals surface area contributed by atoms with Gasteiger partial charge in [0, 0.05) is 12.1 Å². The first-order valence-electron chi connectivity index (χ1n) is 6.78. The van der Waals surface area contributed by atoms with Crippen molar-refractivity contribution in [3.63, 3.8) is 0 Å². The van der Waals surface area contributed by atoms with Crippen LogP contribution in [0.2, 0.25) is 0 Å². The van der Waals surface area contributed by atoms with Gasteiger partial charge in [-0.15, -0.1) is 0 Å². The molecule has 0 amide bonds. The highest BCUT2D eigenvalue weighted by atomic mass is 19.1. The first-order chi connectivity index (χ1) is 9.75. The average molecular weight is 278 g/mol. The number of likely N-dealkylation sites (tertiary alicyclic amines) is 1. The van der Waals surface area contributed by atoms with Crippen LogP contribution in [-0.2, 0) is 6.54 Å². The number of H-pyrrole nitrogens is 1. The summed E-state index contributed by atoms with van der Waals surface area (Å²) in [7, 11) is 0. The van der Waals surface area contributed by atoms with Gasteiger partial charge in [-0.2, -0.15) is 5.10 Å². The number of aromatic nitrogens is 3. The van der Waals surface area contributed by atoms with Crippen LogP contribution in [0.25, 0.3) is 0 Å². The van der Waals surface area contributed by atoms with Gasteiger partial charge in [-0.25, -0.2) is 13.8 Å². The van der Waals surface area contributed by atoms with Gasteiger partial charge in [-0.05, 0) is 31.5 Å². The number of benzene rings is 1. The molecule has 1 atom stereocenters. The third-order valence-corrected chi connectivity index (χ3v) is 3.79. The highest BCUT2D eigenvalue weighted by molar-refractivity contribution is 5.20. The maximum absolute atomic E-state index is 13.8. The third kappa shape index (κ3) is 2.56. The number of hydrogen-bond donors (Lipinski definition) is 1. The summed E-state index contributed by atoms with van der Waals surface area (Å²) in [6.07, 6.45) is 4.50. The first-order valence-corrected chi connectivity index (χ1v) is 6.78. The molecule has 6 heteroatoms. The van der Waals surface area contributed by atoms with E-state index in [2.05, 4.69) is 20.1 Å². The molecule has 1 aromatic heterocycles. The average Bonchev–Trinajstić information content (AvgIpc) is 2.97. The summed E-state index contributed by atoms with van der Waals surface area (Å²) in [5.74, 6) is -0.222. The van der Waals surface area contributed by atoms with E-state index in [0.29, 0.717) is 0 Å². The molecule has 4 nitrogen and oxygen atoms in total. The van der Waals surface area contributed by atoms with Gasteiger partial charge < -0.3 is 0 Å². The van der Waals surface area contributed by atoms with E-state index in [1.54, 1.807) is 0 Å². The number of hydrogen-bond acceptors (Lipinski definition) is 3. The Balaban J connectivity index is 1.84. The fourth-order valence-corrected chi connectivity index (χ4v) is 2.75.